The number of benzene rings is 1. The molecule has 0 saturated heterocycles. The number of fused-ring (bicyclic) bond motifs is 1. The molecule has 3 rings (SSSR count). The molecule has 6 heteroatoms. The van der Waals surface area contributed by atoms with E-state index < -0.39 is 0 Å². The van der Waals surface area contributed by atoms with Crippen LogP contribution in [-0.2, 0) is 13.0 Å². The van der Waals surface area contributed by atoms with Crippen molar-refractivity contribution in [3.05, 3.63) is 47.3 Å². The number of hydrogen-bond acceptors (Lipinski definition) is 4. The Morgan fingerprint density at radius 2 is 2.17 bits per heavy atom. The van der Waals surface area contributed by atoms with Crippen molar-refractivity contribution in [2.75, 3.05) is 26.0 Å². The van der Waals surface area contributed by atoms with Crippen molar-refractivity contribution < 1.29 is 4.79 Å². The number of urea groups is 1. The highest BCUT2D eigenvalue weighted by Crippen LogP contribution is 2.20. The first kappa shape index (κ1) is 15.3. The van der Waals surface area contributed by atoms with Gasteiger partial charge in [-0.25, -0.2) is 14.8 Å². The van der Waals surface area contributed by atoms with Gasteiger partial charge in [-0.3, -0.25) is 0 Å². The highest BCUT2D eigenvalue weighted by atomic mass is 16.2. The average molecular weight is 311 g/mol. The second-order valence-electron chi connectivity index (χ2n) is 6.01. The van der Waals surface area contributed by atoms with Gasteiger partial charge in [0.2, 0.25) is 5.95 Å². The molecule has 6 nitrogen and oxygen atoms in total. The third-order valence-electron chi connectivity index (χ3n) is 3.86. The summed E-state index contributed by atoms with van der Waals surface area (Å²) in [5, 5.41) is 3.24. The normalized spacial score (nSPS) is 13.4. The Balaban J connectivity index is 1.75. The number of anilines is 2. The molecule has 1 N–H and O–H groups in total. The van der Waals surface area contributed by atoms with Gasteiger partial charge in [0.15, 0.2) is 0 Å². The Kier molecular flexibility index (Phi) is 4.14. The number of nitrogens with zero attached hydrogens (tertiary/aromatic N) is 4. The van der Waals surface area contributed by atoms with Gasteiger partial charge < -0.3 is 15.1 Å². The topological polar surface area (TPSA) is 61.4 Å². The first-order valence-electron chi connectivity index (χ1n) is 7.67. The minimum absolute atomic E-state index is 0.0256. The average Bonchev–Trinajstić information content (AvgIpc) is 2.53. The van der Waals surface area contributed by atoms with Crippen molar-refractivity contribution in [2.45, 2.75) is 19.9 Å². The van der Waals surface area contributed by atoms with Crippen LogP contribution >= 0.6 is 0 Å². The number of hydrogen-bond donors (Lipinski definition) is 1. The number of aromatic nitrogens is 2. The van der Waals surface area contributed by atoms with E-state index in [2.05, 4.69) is 34.3 Å². The molecule has 0 aliphatic carbocycles. The highest BCUT2D eigenvalue weighted by Gasteiger charge is 2.23. The minimum atomic E-state index is 0.0256. The van der Waals surface area contributed by atoms with Crippen LogP contribution in [0.25, 0.3) is 0 Å². The maximum Gasteiger partial charge on any atom is 0.319 e. The maximum atomic E-state index is 12.0. The zero-order chi connectivity index (χ0) is 16.4. The van der Waals surface area contributed by atoms with Crippen LogP contribution in [-0.4, -0.2) is 46.4 Å². The van der Waals surface area contributed by atoms with Gasteiger partial charge in [0.1, 0.15) is 0 Å². The van der Waals surface area contributed by atoms with Crippen molar-refractivity contribution >= 4 is 17.7 Å². The van der Waals surface area contributed by atoms with Crippen LogP contribution < -0.4 is 5.32 Å². The van der Waals surface area contributed by atoms with Crippen molar-refractivity contribution in [2.24, 2.45) is 0 Å². The molecule has 1 aromatic heterocycles. The molecule has 0 unspecified atom stereocenters. The van der Waals surface area contributed by atoms with E-state index in [1.807, 2.05) is 23.2 Å². The Hall–Kier alpha value is -2.63. The predicted octanol–water partition coefficient (Wildman–Crippen LogP) is 2.57. The summed E-state index contributed by atoms with van der Waals surface area (Å²) in [6.45, 7) is 3.30. The molecule has 0 saturated carbocycles. The Morgan fingerprint density at radius 1 is 1.35 bits per heavy atom. The Morgan fingerprint density at radius 3 is 2.91 bits per heavy atom. The van der Waals surface area contributed by atoms with Crippen LogP contribution in [0, 0.1) is 6.92 Å². The van der Waals surface area contributed by atoms with E-state index >= 15 is 0 Å². The van der Waals surface area contributed by atoms with Gasteiger partial charge in [-0.15, -0.1) is 0 Å². The summed E-state index contributed by atoms with van der Waals surface area (Å²) in [6, 6.07) is 8.13. The number of carbonyl (C=O) groups excluding carboxylic acids is 1. The fourth-order valence-corrected chi connectivity index (χ4v) is 2.67. The van der Waals surface area contributed by atoms with Crippen molar-refractivity contribution in [3.63, 3.8) is 0 Å². The quantitative estimate of drug-likeness (QED) is 0.926. The number of carbonyl (C=O) groups is 1. The van der Waals surface area contributed by atoms with Crippen LogP contribution in [0.15, 0.2) is 30.5 Å². The molecular formula is C17H21N5O. The van der Waals surface area contributed by atoms with Gasteiger partial charge in [-0.1, -0.05) is 12.1 Å². The zero-order valence-electron chi connectivity index (χ0n) is 13.7. The molecule has 0 spiro atoms. The molecule has 23 heavy (non-hydrogen) atoms. The lowest BCUT2D eigenvalue weighted by Crippen LogP contribution is -2.42. The lowest BCUT2D eigenvalue weighted by atomic mass is 10.1. The van der Waals surface area contributed by atoms with Gasteiger partial charge in [-0.2, -0.15) is 0 Å². The van der Waals surface area contributed by atoms with Crippen LogP contribution in [0.3, 0.4) is 0 Å². The monoisotopic (exact) mass is 311 g/mol. The van der Waals surface area contributed by atoms with Gasteiger partial charge >= 0.3 is 6.03 Å². The smallest absolute Gasteiger partial charge is 0.319 e. The van der Waals surface area contributed by atoms with E-state index in [9.17, 15) is 4.79 Å². The van der Waals surface area contributed by atoms with E-state index in [-0.39, 0.29) is 6.03 Å². The molecule has 0 bridgehead atoms. The van der Waals surface area contributed by atoms with Crippen LogP contribution in [0.5, 0.6) is 0 Å². The second-order valence-corrected chi connectivity index (χ2v) is 6.01. The molecule has 1 aromatic carbocycles. The fraction of sp³-hybridized carbons (Fsp3) is 0.353. The summed E-state index contributed by atoms with van der Waals surface area (Å²) in [5.41, 5.74) is 4.19. The largest absolute Gasteiger partial charge is 0.331 e. The van der Waals surface area contributed by atoms with E-state index in [0.29, 0.717) is 19.0 Å². The van der Waals surface area contributed by atoms with E-state index in [1.165, 1.54) is 5.56 Å². The highest BCUT2D eigenvalue weighted by molar-refractivity contribution is 5.74. The van der Waals surface area contributed by atoms with Gasteiger partial charge in [0.25, 0.3) is 0 Å². The second kappa shape index (κ2) is 6.24. The third kappa shape index (κ3) is 3.41. The Bertz CT molecular complexity index is 729. The molecule has 2 amide bonds. The molecule has 2 heterocycles. The summed E-state index contributed by atoms with van der Waals surface area (Å²) in [4.78, 5) is 24.4. The van der Waals surface area contributed by atoms with Crippen LogP contribution in [0.4, 0.5) is 16.4 Å². The molecule has 1 aliphatic heterocycles. The molecule has 1 aliphatic rings. The summed E-state index contributed by atoms with van der Waals surface area (Å²) >= 11 is 0. The number of nitrogens with one attached hydrogen (secondary N) is 1. The molecule has 0 atom stereocenters. The molecule has 2 aromatic rings. The van der Waals surface area contributed by atoms with Crippen LogP contribution in [0.1, 0.15) is 16.8 Å². The molecular weight excluding hydrogens is 290 g/mol. The van der Waals surface area contributed by atoms with Gasteiger partial charge in [0.05, 0.1) is 12.2 Å². The number of aryl methyl sites for hydroxylation is 1. The predicted molar refractivity (Wildman–Crippen MR) is 89.7 cm³/mol. The molecule has 0 fully saturated rings. The lowest BCUT2D eigenvalue weighted by Gasteiger charge is -2.30. The van der Waals surface area contributed by atoms with Gasteiger partial charge in [0, 0.05) is 44.5 Å². The Labute approximate surface area is 136 Å². The number of rotatable bonds is 2. The molecule has 120 valence electrons. The maximum absolute atomic E-state index is 12.0. The van der Waals surface area contributed by atoms with Crippen molar-refractivity contribution in [3.8, 4) is 0 Å². The van der Waals surface area contributed by atoms with E-state index in [4.69, 9.17) is 0 Å². The molecule has 0 radical (unpaired) electrons. The SMILES string of the molecule is Cc1cccc(Nc2ncc3c(n2)CCN(C(=O)N(C)C)C3)c1. The van der Waals surface area contributed by atoms with Crippen molar-refractivity contribution in [1.29, 1.82) is 0 Å². The van der Waals surface area contributed by atoms with Crippen molar-refractivity contribution in [1.82, 2.24) is 19.8 Å². The van der Waals surface area contributed by atoms with E-state index in [1.54, 1.807) is 19.0 Å². The third-order valence-corrected chi connectivity index (χ3v) is 3.86. The van der Waals surface area contributed by atoms with E-state index in [0.717, 1.165) is 23.4 Å². The summed E-state index contributed by atoms with van der Waals surface area (Å²) in [7, 11) is 3.53. The van der Waals surface area contributed by atoms with Crippen LogP contribution in [0.2, 0.25) is 0 Å². The minimum Gasteiger partial charge on any atom is -0.331 e. The lowest BCUT2D eigenvalue weighted by molar-refractivity contribution is 0.165. The summed E-state index contributed by atoms with van der Waals surface area (Å²) in [5.74, 6) is 0.599. The van der Waals surface area contributed by atoms with Gasteiger partial charge in [-0.05, 0) is 24.6 Å². The summed E-state index contributed by atoms with van der Waals surface area (Å²) in [6.07, 6.45) is 2.56. The first-order valence-corrected chi connectivity index (χ1v) is 7.67. The summed E-state index contributed by atoms with van der Waals surface area (Å²) < 4.78 is 0. The standard InChI is InChI=1S/C17H21N5O/c1-12-5-4-6-14(9-12)19-16-18-10-13-11-22(17(23)21(2)3)8-7-15(13)20-16/h4-6,9-10H,7-8,11H2,1-3H3,(H,18,19,20). The fourth-order valence-electron chi connectivity index (χ4n) is 2.67. The first-order chi connectivity index (χ1) is 11.0. The number of amides is 2. The zero-order valence-corrected chi connectivity index (χ0v) is 13.7.